The molecule has 0 saturated heterocycles. The van der Waals surface area contributed by atoms with E-state index in [2.05, 4.69) is 61.0 Å². The van der Waals surface area contributed by atoms with Crippen molar-refractivity contribution in [2.75, 3.05) is 19.2 Å². The smallest absolute Gasteiger partial charge is 0.305 e. The summed E-state index contributed by atoms with van der Waals surface area (Å²) in [6, 6.07) is 20.8. The molecule has 0 saturated carbocycles. The Hall–Kier alpha value is -1.51. The summed E-state index contributed by atoms with van der Waals surface area (Å²) in [5, 5.41) is 12.1. The highest BCUT2D eigenvalue weighted by atomic mass is 79.9. The predicted octanol–water partition coefficient (Wildman–Crippen LogP) is 4.18. The predicted molar refractivity (Wildman–Crippen MR) is 130 cm³/mol. The Morgan fingerprint density at radius 1 is 1.00 bits per heavy atom. The maximum absolute atomic E-state index is 11.4. The van der Waals surface area contributed by atoms with Crippen molar-refractivity contribution < 1.29 is 23.8 Å². The van der Waals surface area contributed by atoms with Crippen molar-refractivity contribution in [2.24, 2.45) is 0 Å². The lowest BCUT2D eigenvalue weighted by atomic mass is 10.1. The van der Waals surface area contributed by atoms with Gasteiger partial charge in [-0.15, -0.1) is 0 Å². The highest BCUT2D eigenvalue weighted by Gasteiger charge is 2.51. The van der Waals surface area contributed by atoms with Crippen LogP contribution in [0.25, 0.3) is 0 Å². The number of carbonyl (C=O) groups is 1. The molecular formula is C24H33BrO5Si. The van der Waals surface area contributed by atoms with Crippen LogP contribution in [0.3, 0.4) is 0 Å². The summed E-state index contributed by atoms with van der Waals surface area (Å²) in [5.74, 6) is -0.903. The molecule has 2 aromatic rings. The van der Waals surface area contributed by atoms with Gasteiger partial charge in [0.15, 0.2) is 0 Å². The van der Waals surface area contributed by atoms with Crippen molar-refractivity contribution in [1.29, 1.82) is 0 Å². The van der Waals surface area contributed by atoms with E-state index in [1.165, 1.54) is 17.5 Å². The lowest BCUT2D eigenvalue weighted by Crippen LogP contribution is -2.68. The second-order valence-electron chi connectivity index (χ2n) is 8.59. The SMILES string of the molecule is COCOC(CC(=O)O)CC(CBr)O[Si](c1ccccc1)(c1ccccc1)C(C)(C)C. The molecule has 0 spiro atoms. The zero-order valence-electron chi connectivity index (χ0n) is 18.7. The molecule has 31 heavy (non-hydrogen) atoms. The number of aliphatic carboxylic acids is 1. The monoisotopic (exact) mass is 508 g/mol. The third-order valence-corrected chi connectivity index (χ3v) is 11.1. The number of hydrogen-bond acceptors (Lipinski definition) is 4. The first-order chi connectivity index (χ1) is 14.7. The van der Waals surface area contributed by atoms with Crippen LogP contribution in [-0.4, -0.2) is 50.8 Å². The summed E-state index contributed by atoms with van der Waals surface area (Å²) < 4.78 is 17.8. The van der Waals surface area contributed by atoms with Crippen molar-refractivity contribution >= 4 is 40.6 Å². The Labute approximate surface area is 195 Å². The zero-order valence-corrected chi connectivity index (χ0v) is 21.3. The fourth-order valence-corrected chi connectivity index (χ4v) is 9.28. The van der Waals surface area contributed by atoms with E-state index in [1.54, 1.807) is 0 Å². The van der Waals surface area contributed by atoms with Gasteiger partial charge >= 0.3 is 5.97 Å². The van der Waals surface area contributed by atoms with Gasteiger partial charge in [-0.2, -0.15) is 0 Å². The average Bonchev–Trinajstić information content (AvgIpc) is 2.74. The number of carboxylic acid groups (broad SMARTS) is 1. The fourth-order valence-electron chi connectivity index (χ4n) is 3.95. The normalized spacial score (nSPS) is 14.2. The Morgan fingerprint density at radius 3 is 1.90 bits per heavy atom. The van der Waals surface area contributed by atoms with Gasteiger partial charge in [-0.3, -0.25) is 4.79 Å². The Kier molecular flexibility index (Phi) is 9.90. The van der Waals surface area contributed by atoms with Crippen LogP contribution in [0, 0.1) is 0 Å². The number of benzene rings is 2. The molecule has 7 heteroatoms. The Morgan fingerprint density at radius 2 is 1.52 bits per heavy atom. The zero-order chi connectivity index (χ0) is 22.9. The highest BCUT2D eigenvalue weighted by Crippen LogP contribution is 2.38. The molecule has 170 valence electrons. The molecule has 0 radical (unpaired) electrons. The maximum atomic E-state index is 11.4. The molecule has 0 aromatic heterocycles. The van der Waals surface area contributed by atoms with E-state index < -0.39 is 20.4 Å². The summed E-state index contributed by atoms with van der Waals surface area (Å²) in [6.07, 6.45) is -0.381. The molecule has 0 fully saturated rings. The topological polar surface area (TPSA) is 65.0 Å². The second-order valence-corrected chi connectivity index (χ2v) is 13.5. The molecular weight excluding hydrogens is 476 g/mol. The first-order valence-corrected chi connectivity index (χ1v) is 13.4. The van der Waals surface area contributed by atoms with E-state index in [0.717, 1.165) is 0 Å². The molecule has 2 atom stereocenters. The molecule has 0 heterocycles. The van der Waals surface area contributed by atoms with Crippen LogP contribution in [-0.2, 0) is 18.7 Å². The van der Waals surface area contributed by atoms with Gasteiger partial charge < -0.3 is 19.0 Å². The molecule has 0 bridgehead atoms. The van der Waals surface area contributed by atoms with Gasteiger partial charge in [0, 0.05) is 18.9 Å². The molecule has 2 rings (SSSR count). The van der Waals surface area contributed by atoms with Crippen LogP contribution < -0.4 is 10.4 Å². The molecule has 0 aliphatic rings. The van der Waals surface area contributed by atoms with E-state index in [4.69, 9.17) is 13.9 Å². The minimum Gasteiger partial charge on any atom is -0.481 e. The maximum Gasteiger partial charge on any atom is 0.305 e. The number of carboxylic acids is 1. The second kappa shape index (κ2) is 11.9. The standard InChI is InChI=1S/C24H33BrO5Si/c1-24(2,3)31(21-11-7-5-8-12-21,22-13-9-6-10-14-22)30-20(17-25)15-19(16-23(26)27)29-18-28-4/h5-14,19-20H,15-18H2,1-4H3,(H,26,27). The first kappa shape index (κ1) is 25.7. The third-order valence-electron chi connectivity index (χ3n) is 5.28. The van der Waals surface area contributed by atoms with Crippen LogP contribution in [0.4, 0.5) is 0 Å². The Bertz CT molecular complexity index is 755. The lowest BCUT2D eigenvalue weighted by molar-refractivity contribution is -0.144. The van der Waals surface area contributed by atoms with E-state index in [9.17, 15) is 9.90 Å². The van der Waals surface area contributed by atoms with Crippen molar-refractivity contribution in [3.05, 3.63) is 60.7 Å². The van der Waals surface area contributed by atoms with Gasteiger partial charge in [-0.05, 0) is 15.4 Å². The highest BCUT2D eigenvalue weighted by molar-refractivity contribution is 9.09. The molecule has 1 N–H and O–H groups in total. The van der Waals surface area contributed by atoms with Crippen LogP contribution >= 0.6 is 15.9 Å². The fraction of sp³-hybridized carbons (Fsp3) is 0.458. The summed E-state index contributed by atoms with van der Waals surface area (Å²) in [4.78, 5) is 11.4. The van der Waals surface area contributed by atoms with Crippen molar-refractivity contribution in [3.63, 3.8) is 0 Å². The van der Waals surface area contributed by atoms with E-state index in [1.807, 2.05) is 36.4 Å². The van der Waals surface area contributed by atoms with Gasteiger partial charge in [0.2, 0.25) is 0 Å². The minimum atomic E-state index is -2.74. The van der Waals surface area contributed by atoms with E-state index in [-0.39, 0.29) is 24.4 Å². The van der Waals surface area contributed by atoms with Crippen LogP contribution in [0.2, 0.25) is 5.04 Å². The number of halogens is 1. The number of methoxy groups -OCH3 is 1. The van der Waals surface area contributed by atoms with Gasteiger partial charge in [-0.1, -0.05) is 97.4 Å². The molecule has 5 nitrogen and oxygen atoms in total. The van der Waals surface area contributed by atoms with E-state index >= 15 is 0 Å². The number of alkyl halides is 1. The lowest BCUT2D eigenvalue weighted by Gasteiger charge is -2.45. The largest absolute Gasteiger partial charge is 0.481 e. The quantitative estimate of drug-likeness (QED) is 0.264. The molecule has 0 amide bonds. The number of ether oxygens (including phenoxy) is 2. The van der Waals surface area contributed by atoms with E-state index in [0.29, 0.717) is 11.8 Å². The first-order valence-electron chi connectivity index (χ1n) is 10.4. The minimum absolute atomic E-state index is 0.0478. The summed E-state index contributed by atoms with van der Waals surface area (Å²) in [5.41, 5.74) is 0. The molecule has 2 unspecified atom stereocenters. The Balaban J connectivity index is 2.49. The summed E-state index contributed by atoms with van der Waals surface area (Å²) >= 11 is 3.61. The molecule has 0 aliphatic heterocycles. The van der Waals surface area contributed by atoms with Crippen molar-refractivity contribution in [2.45, 2.75) is 50.9 Å². The van der Waals surface area contributed by atoms with Gasteiger partial charge in [0.1, 0.15) is 6.79 Å². The van der Waals surface area contributed by atoms with Gasteiger partial charge in [0.05, 0.1) is 18.6 Å². The van der Waals surface area contributed by atoms with Gasteiger partial charge in [-0.25, -0.2) is 0 Å². The van der Waals surface area contributed by atoms with Crippen LogP contribution in [0.5, 0.6) is 0 Å². The van der Waals surface area contributed by atoms with Gasteiger partial charge in [0.25, 0.3) is 8.32 Å². The summed E-state index contributed by atoms with van der Waals surface area (Å²) in [6.45, 7) is 6.72. The molecule has 2 aromatic carbocycles. The molecule has 0 aliphatic carbocycles. The third kappa shape index (κ3) is 6.73. The summed E-state index contributed by atoms with van der Waals surface area (Å²) in [7, 11) is -1.21. The van der Waals surface area contributed by atoms with Crippen molar-refractivity contribution in [3.8, 4) is 0 Å². The average molecular weight is 510 g/mol. The number of hydrogen-bond donors (Lipinski definition) is 1. The van der Waals surface area contributed by atoms with Crippen molar-refractivity contribution in [1.82, 2.24) is 0 Å². The van der Waals surface area contributed by atoms with Crippen LogP contribution in [0.1, 0.15) is 33.6 Å². The van der Waals surface area contributed by atoms with Crippen LogP contribution in [0.15, 0.2) is 60.7 Å². The number of rotatable bonds is 12.